The summed E-state index contributed by atoms with van der Waals surface area (Å²) in [5, 5.41) is 54.3. The highest BCUT2D eigenvalue weighted by molar-refractivity contribution is 7.80. The third kappa shape index (κ3) is 21.2. The van der Waals surface area contributed by atoms with Crippen molar-refractivity contribution >= 4 is 16.3 Å². The SMILES string of the molecule is CCCCCCCCCCCCCCCCCCCC(O)C(=O)NC(COC1OC(CO)C(O)C(OS(=O)(=O)O)C1O)C(O)CCCCC. The van der Waals surface area contributed by atoms with Gasteiger partial charge in [0.15, 0.2) is 6.29 Å². The van der Waals surface area contributed by atoms with Gasteiger partial charge in [-0.3, -0.25) is 9.35 Å². The van der Waals surface area contributed by atoms with Crippen LogP contribution in [0.1, 0.15) is 155 Å². The number of hydrogen-bond donors (Lipinski definition) is 7. The van der Waals surface area contributed by atoms with Gasteiger partial charge in [0.25, 0.3) is 0 Å². The number of unbranched alkanes of at least 4 members (excludes halogenated alkanes) is 18. The summed E-state index contributed by atoms with van der Waals surface area (Å²) in [6.45, 7) is 3.05. The molecule has 14 heteroatoms. The summed E-state index contributed by atoms with van der Waals surface area (Å²) in [4.78, 5) is 12.9. The van der Waals surface area contributed by atoms with Crippen molar-refractivity contribution in [2.75, 3.05) is 13.2 Å². The van der Waals surface area contributed by atoms with E-state index in [1.54, 1.807) is 0 Å². The van der Waals surface area contributed by atoms with Crippen molar-refractivity contribution in [3.05, 3.63) is 0 Å². The first-order valence-corrected chi connectivity index (χ1v) is 20.4. The molecule has 1 saturated heterocycles. The van der Waals surface area contributed by atoms with Crippen LogP contribution in [0.3, 0.4) is 0 Å². The first-order valence-electron chi connectivity index (χ1n) is 19.0. The molecule has 0 saturated carbocycles. The quantitative estimate of drug-likeness (QED) is 0.0390. The van der Waals surface area contributed by atoms with Crippen LogP contribution in [-0.2, 0) is 28.9 Å². The number of aliphatic hydroxyl groups excluding tert-OH is 5. The number of aliphatic hydroxyl groups is 5. The van der Waals surface area contributed by atoms with E-state index in [4.69, 9.17) is 14.0 Å². The van der Waals surface area contributed by atoms with E-state index in [9.17, 15) is 38.7 Å². The van der Waals surface area contributed by atoms with Crippen LogP contribution in [0.25, 0.3) is 0 Å². The van der Waals surface area contributed by atoms with Gasteiger partial charge in [-0.1, -0.05) is 142 Å². The van der Waals surface area contributed by atoms with E-state index in [0.717, 1.165) is 32.1 Å². The van der Waals surface area contributed by atoms with Crippen molar-refractivity contribution in [3.8, 4) is 0 Å². The Morgan fingerprint density at radius 2 is 1.18 bits per heavy atom. The molecule has 0 radical (unpaired) electrons. The fourth-order valence-electron chi connectivity index (χ4n) is 6.17. The minimum absolute atomic E-state index is 0.263. The van der Waals surface area contributed by atoms with E-state index < -0.39 is 78.5 Å². The number of carbonyl (C=O) groups excluding carboxylic acids is 1. The lowest BCUT2D eigenvalue weighted by molar-refractivity contribution is -0.298. The molecule has 1 aliphatic heterocycles. The molecule has 8 atom stereocenters. The standard InChI is InChI=1S/C35H69NO12S/c1-3-5-7-8-9-10-11-12-13-14-15-16-17-18-19-20-22-24-29(39)34(42)36-27(28(38)23-21-6-4-2)26-46-35-32(41)33(48-49(43,44)45)31(40)30(25-37)47-35/h27-33,35,37-41H,3-26H2,1-2H3,(H,36,42)(H,43,44,45). The van der Waals surface area contributed by atoms with E-state index in [-0.39, 0.29) is 6.42 Å². The van der Waals surface area contributed by atoms with Crippen LogP contribution in [-0.4, -0.2) is 107 Å². The molecule has 0 bridgehead atoms. The first-order chi connectivity index (χ1) is 23.4. The third-order valence-corrected chi connectivity index (χ3v) is 9.74. The van der Waals surface area contributed by atoms with E-state index in [0.29, 0.717) is 19.3 Å². The van der Waals surface area contributed by atoms with Gasteiger partial charge in [-0.2, -0.15) is 8.42 Å². The zero-order chi connectivity index (χ0) is 36.5. The van der Waals surface area contributed by atoms with Gasteiger partial charge in [0, 0.05) is 0 Å². The second-order valence-electron chi connectivity index (χ2n) is 13.7. The summed E-state index contributed by atoms with van der Waals surface area (Å²) in [6, 6.07) is -1.02. The number of rotatable bonds is 31. The molecule has 7 N–H and O–H groups in total. The lowest BCUT2D eigenvalue weighted by atomic mass is 9.99. The second kappa shape index (κ2) is 27.7. The van der Waals surface area contributed by atoms with E-state index in [1.807, 2.05) is 6.92 Å². The molecule has 0 spiro atoms. The normalized spacial score (nSPS) is 23.3. The summed E-state index contributed by atoms with van der Waals surface area (Å²) >= 11 is 0. The fourth-order valence-corrected chi connectivity index (χ4v) is 6.68. The van der Waals surface area contributed by atoms with Crippen molar-refractivity contribution < 1.29 is 57.0 Å². The van der Waals surface area contributed by atoms with Crippen LogP contribution in [0.15, 0.2) is 0 Å². The molecule has 13 nitrogen and oxygen atoms in total. The summed E-state index contributed by atoms with van der Waals surface area (Å²) < 4.78 is 46.9. The number of amides is 1. The van der Waals surface area contributed by atoms with Crippen LogP contribution in [0.2, 0.25) is 0 Å². The third-order valence-electron chi connectivity index (χ3n) is 9.27. The minimum Gasteiger partial charge on any atom is -0.394 e. The summed E-state index contributed by atoms with van der Waals surface area (Å²) in [7, 11) is -5.09. The van der Waals surface area contributed by atoms with E-state index in [2.05, 4.69) is 16.4 Å². The topological polar surface area (TPSA) is 212 Å². The molecule has 0 aromatic heterocycles. The van der Waals surface area contributed by atoms with Crippen molar-refractivity contribution in [1.82, 2.24) is 5.32 Å². The highest BCUT2D eigenvalue weighted by Crippen LogP contribution is 2.26. The van der Waals surface area contributed by atoms with Crippen LogP contribution in [0.5, 0.6) is 0 Å². The van der Waals surface area contributed by atoms with Crippen LogP contribution >= 0.6 is 0 Å². The molecule has 1 fully saturated rings. The monoisotopic (exact) mass is 727 g/mol. The molecule has 49 heavy (non-hydrogen) atoms. The van der Waals surface area contributed by atoms with E-state index in [1.165, 1.54) is 83.5 Å². The maximum absolute atomic E-state index is 12.9. The Morgan fingerprint density at radius 3 is 1.65 bits per heavy atom. The lowest BCUT2D eigenvalue weighted by Crippen LogP contribution is -2.61. The molecular weight excluding hydrogens is 658 g/mol. The molecule has 1 amide bonds. The van der Waals surface area contributed by atoms with Crippen molar-refractivity contribution in [2.24, 2.45) is 0 Å². The molecule has 1 rings (SSSR count). The van der Waals surface area contributed by atoms with Gasteiger partial charge >= 0.3 is 10.4 Å². The van der Waals surface area contributed by atoms with Crippen molar-refractivity contribution in [3.63, 3.8) is 0 Å². The van der Waals surface area contributed by atoms with Gasteiger partial charge in [0.1, 0.15) is 30.5 Å². The molecule has 8 unspecified atom stereocenters. The first kappa shape index (κ1) is 46.1. The van der Waals surface area contributed by atoms with Gasteiger partial charge in [-0.25, -0.2) is 4.18 Å². The largest absolute Gasteiger partial charge is 0.397 e. The van der Waals surface area contributed by atoms with Gasteiger partial charge < -0.3 is 40.3 Å². The van der Waals surface area contributed by atoms with Gasteiger partial charge in [0.05, 0.1) is 25.4 Å². The van der Waals surface area contributed by atoms with Gasteiger partial charge in [0.2, 0.25) is 5.91 Å². The predicted molar refractivity (Wildman–Crippen MR) is 187 cm³/mol. The van der Waals surface area contributed by atoms with Crippen LogP contribution < -0.4 is 5.32 Å². The maximum Gasteiger partial charge on any atom is 0.397 e. The van der Waals surface area contributed by atoms with Crippen molar-refractivity contribution in [2.45, 2.75) is 204 Å². The molecule has 1 heterocycles. The molecular formula is C35H69NO12S. The number of hydrogen-bond acceptors (Lipinski definition) is 11. The Bertz CT molecular complexity index is 926. The Balaban J connectivity index is 2.42. The number of nitrogens with one attached hydrogen (secondary N) is 1. The summed E-state index contributed by atoms with van der Waals surface area (Å²) in [6.07, 6.45) is 12.9. The Morgan fingerprint density at radius 1 is 0.735 bits per heavy atom. The average molecular weight is 728 g/mol. The zero-order valence-corrected chi connectivity index (χ0v) is 30.9. The maximum atomic E-state index is 12.9. The number of carbonyl (C=O) groups is 1. The smallest absolute Gasteiger partial charge is 0.394 e. The molecule has 1 aliphatic rings. The summed E-state index contributed by atoms with van der Waals surface area (Å²) in [5.74, 6) is -0.680. The second-order valence-corrected chi connectivity index (χ2v) is 14.7. The Hall–Kier alpha value is -0.940. The zero-order valence-electron chi connectivity index (χ0n) is 30.1. The highest BCUT2D eigenvalue weighted by atomic mass is 32.3. The van der Waals surface area contributed by atoms with E-state index >= 15 is 0 Å². The van der Waals surface area contributed by atoms with Crippen LogP contribution in [0, 0.1) is 0 Å². The Labute approximate surface area is 295 Å². The molecule has 292 valence electrons. The van der Waals surface area contributed by atoms with Gasteiger partial charge in [-0.15, -0.1) is 0 Å². The molecule has 0 aromatic rings. The lowest BCUT2D eigenvalue weighted by Gasteiger charge is -2.41. The summed E-state index contributed by atoms with van der Waals surface area (Å²) in [5.41, 5.74) is 0. The molecule has 0 aliphatic carbocycles. The van der Waals surface area contributed by atoms with Gasteiger partial charge in [-0.05, 0) is 12.8 Å². The predicted octanol–water partition coefficient (Wildman–Crippen LogP) is 4.46. The van der Waals surface area contributed by atoms with Crippen LogP contribution in [0.4, 0.5) is 0 Å². The number of ether oxygens (including phenoxy) is 2. The Kier molecular flexibility index (Phi) is 26.0. The molecule has 0 aromatic carbocycles. The highest BCUT2D eigenvalue weighted by Gasteiger charge is 2.48. The average Bonchev–Trinajstić information content (AvgIpc) is 3.06. The minimum atomic E-state index is -5.09. The fraction of sp³-hybridized carbons (Fsp3) is 0.971. The van der Waals surface area contributed by atoms with Crippen molar-refractivity contribution in [1.29, 1.82) is 0 Å².